The average molecular weight is 204 g/mol. The Morgan fingerprint density at radius 2 is 2.07 bits per heavy atom. The van der Waals surface area contributed by atoms with E-state index in [1.54, 1.807) is 0 Å². The van der Waals surface area contributed by atoms with E-state index < -0.39 is 0 Å². The van der Waals surface area contributed by atoms with Gasteiger partial charge in [0.2, 0.25) is 0 Å². The fourth-order valence-electron chi connectivity index (χ4n) is 2.11. The lowest BCUT2D eigenvalue weighted by molar-refractivity contribution is 0.199. The molecular formula is C13H20N2. The normalized spacial score (nSPS) is 22.9. The summed E-state index contributed by atoms with van der Waals surface area (Å²) in [7, 11) is 0. The van der Waals surface area contributed by atoms with Crippen LogP contribution in [-0.4, -0.2) is 30.6 Å². The Balaban J connectivity index is 1.93. The Kier molecular flexibility index (Phi) is 3.39. The molecule has 1 atom stereocenters. The second kappa shape index (κ2) is 4.77. The molecule has 1 aromatic rings. The third kappa shape index (κ3) is 3.05. The summed E-state index contributed by atoms with van der Waals surface area (Å²) in [4.78, 5) is 2.52. The molecule has 0 bridgehead atoms. The van der Waals surface area contributed by atoms with Crippen LogP contribution in [0.1, 0.15) is 18.1 Å². The fraction of sp³-hybridized carbons (Fsp3) is 0.538. The van der Waals surface area contributed by atoms with Crippen LogP contribution < -0.4 is 5.32 Å². The Morgan fingerprint density at radius 3 is 2.73 bits per heavy atom. The third-order valence-electron chi connectivity index (χ3n) is 2.98. The highest BCUT2D eigenvalue weighted by Gasteiger charge is 2.14. The van der Waals surface area contributed by atoms with E-state index in [-0.39, 0.29) is 0 Å². The minimum Gasteiger partial charge on any atom is -0.312 e. The van der Waals surface area contributed by atoms with Gasteiger partial charge in [-0.15, -0.1) is 0 Å². The van der Waals surface area contributed by atoms with Gasteiger partial charge in [0, 0.05) is 32.2 Å². The number of hydrogen-bond acceptors (Lipinski definition) is 2. The molecule has 1 N–H and O–H groups in total. The summed E-state index contributed by atoms with van der Waals surface area (Å²) in [6, 6.07) is 9.50. The molecule has 1 fully saturated rings. The molecule has 0 radical (unpaired) electrons. The molecule has 0 saturated carbocycles. The molecule has 1 heterocycles. The molecule has 15 heavy (non-hydrogen) atoms. The fourth-order valence-corrected chi connectivity index (χ4v) is 2.11. The minimum atomic E-state index is 0.629. The van der Waals surface area contributed by atoms with Crippen molar-refractivity contribution in [2.24, 2.45) is 0 Å². The topological polar surface area (TPSA) is 15.3 Å². The Bertz CT molecular complexity index is 305. The first kappa shape index (κ1) is 10.7. The molecule has 2 nitrogen and oxygen atoms in total. The highest BCUT2D eigenvalue weighted by Crippen LogP contribution is 2.08. The van der Waals surface area contributed by atoms with Crippen molar-refractivity contribution in [2.75, 3.05) is 19.6 Å². The highest BCUT2D eigenvalue weighted by atomic mass is 15.2. The van der Waals surface area contributed by atoms with Crippen LogP contribution in [0.25, 0.3) is 0 Å². The maximum absolute atomic E-state index is 3.47. The van der Waals surface area contributed by atoms with Gasteiger partial charge in [-0.05, 0) is 19.4 Å². The quantitative estimate of drug-likeness (QED) is 0.790. The van der Waals surface area contributed by atoms with Gasteiger partial charge in [-0.25, -0.2) is 0 Å². The minimum absolute atomic E-state index is 0.629. The Labute approximate surface area is 92.3 Å². The molecule has 1 aliphatic rings. The lowest BCUT2D eigenvalue weighted by Gasteiger charge is -2.31. The second-order valence-electron chi connectivity index (χ2n) is 4.58. The number of aryl methyl sites for hydroxylation is 1. The van der Waals surface area contributed by atoms with Crippen molar-refractivity contribution >= 4 is 0 Å². The van der Waals surface area contributed by atoms with E-state index in [0.29, 0.717) is 6.04 Å². The SMILES string of the molecule is Cc1ccc(CN2CCN[C@H](C)C2)cc1. The van der Waals surface area contributed by atoms with Gasteiger partial charge in [0.15, 0.2) is 0 Å². The van der Waals surface area contributed by atoms with Crippen LogP contribution in [0.4, 0.5) is 0 Å². The lowest BCUT2D eigenvalue weighted by Crippen LogP contribution is -2.48. The van der Waals surface area contributed by atoms with Gasteiger partial charge in [-0.2, -0.15) is 0 Å². The number of nitrogens with one attached hydrogen (secondary N) is 1. The van der Waals surface area contributed by atoms with E-state index in [9.17, 15) is 0 Å². The predicted octanol–water partition coefficient (Wildman–Crippen LogP) is 1.79. The second-order valence-corrected chi connectivity index (χ2v) is 4.58. The van der Waals surface area contributed by atoms with Crippen LogP contribution in [0.2, 0.25) is 0 Å². The van der Waals surface area contributed by atoms with Crippen LogP contribution >= 0.6 is 0 Å². The summed E-state index contributed by atoms with van der Waals surface area (Å²) < 4.78 is 0. The molecule has 2 heteroatoms. The first-order valence-electron chi connectivity index (χ1n) is 5.75. The van der Waals surface area contributed by atoms with E-state index in [2.05, 4.69) is 48.3 Å². The Hall–Kier alpha value is -0.860. The maximum Gasteiger partial charge on any atom is 0.0234 e. The van der Waals surface area contributed by atoms with Crippen LogP contribution in [0.5, 0.6) is 0 Å². The van der Waals surface area contributed by atoms with Gasteiger partial charge in [0.1, 0.15) is 0 Å². The molecule has 0 aromatic heterocycles. The van der Waals surface area contributed by atoms with E-state index in [4.69, 9.17) is 0 Å². The summed E-state index contributed by atoms with van der Waals surface area (Å²) >= 11 is 0. The van der Waals surface area contributed by atoms with Crippen LogP contribution in [0, 0.1) is 6.92 Å². The smallest absolute Gasteiger partial charge is 0.0234 e. The summed E-state index contributed by atoms with van der Waals surface area (Å²) in [6.45, 7) is 8.92. The molecule has 1 aromatic carbocycles. The van der Waals surface area contributed by atoms with Crippen LogP contribution in [0.15, 0.2) is 24.3 Å². The van der Waals surface area contributed by atoms with Gasteiger partial charge in [0.05, 0.1) is 0 Å². The molecule has 0 aliphatic carbocycles. The van der Waals surface area contributed by atoms with E-state index in [1.165, 1.54) is 11.1 Å². The average Bonchev–Trinajstić information content (AvgIpc) is 2.22. The standard InChI is InChI=1S/C13H20N2/c1-11-3-5-13(6-4-11)10-15-8-7-14-12(2)9-15/h3-6,12,14H,7-10H2,1-2H3/t12-/m1/s1. The molecular weight excluding hydrogens is 184 g/mol. The first-order valence-corrected chi connectivity index (χ1v) is 5.75. The van der Waals surface area contributed by atoms with E-state index in [1.807, 2.05) is 0 Å². The number of rotatable bonds is 2. The highest BCUT2D eigenvalue weighted by molar-refractivity contribution is 5.21. The predicted molar refractivity (Wildman–Crippen MR) is 63.9 cm³/mol. The van der Waals surface area contributed by atoms with E-state index in [0.717, 1.165) is 26.2 Å². The largest absolute Gasteiger partial charge is 0.312 e. The molecule has 82 valence electrons. The zero-order chi connectivity index (χ0) is 10.7. The summed E-state index contributed by atoms with van der Waals surface area (Å²) in [6.07, 6.45) is 0. The zero-order valence-electron chi connectivity index (χ0n) is 9.66. The van der Waals surface area contributed by atoms with Crippen molar-refractivity contribution in [3.63, 3.8) is 0 Å². The number of nitrogens with zero attached hydrogens (tertiary/aromatic N) is 1. The number of piperazine rings is 1. The van der Waals surface area contributed by atoms with Crippen molar-refractivity contribution in [1.29, 1.82) is 0 Å². The summed E-state index contributed by atoms with van der Waals surface area (Å²) in [5, 5.41) is 3.47. The number of hydrogen-bond donors (Lipinski definition) is 1. The van der Waals surface area contributed by atoms with Gasteiger partial charge in [-0.3, -0.25) is 4.90 Å². The van der Waals surface area contributed by atoms with Crippen molar-refractivity contribution < 1.29 is 0 Å². The summed E-state index contributed by atoms with van der Waals surface area (Å²) in [5.74, 6) is 0. The molecule has 0 amide bonds. The van der Waals surface area contributed by atoms with Crippen LogP contribution in [0.3, 0.4) is 0 Å². The molecule has 0 spiro atoms. The summed E-state index contributed by atoms with van der Waals surface area (Å²) in [5.41, 5.74) is 2.77. The van der Waals surface area contributed by atoms with E-state index >= 15 is 0 Å². The van der Waals surface area contributed by atoms with Crippen LogP contribution in [-0.2, 0) is 6.54 Å². The lowest BCUT2D eigenvalue weighted by atomic mass is 10.1. The van der Waals surface area contributed by atoms with Gasteiger partial charge >= 0.3 is 0 Å². The van der Waals surface area contributed by atoms with Crippen molar-refractivity contribution in [2.45, 2.75) is 26.4 Å². The molecule has 2 rings (SSSR count). The van der Waals surface area contributed by atoms with Crippen molar-refractivity contribution in [3.8, 4) is 0 Å². The molecule has 0 unspecified atom stereocenters. The third-order valence-corrected chi connectivity index (χ3v) is 2.98. The van der Waals surface area contributed by atoms with Crippen molar-refractivity contribution in [3.05, 3.63) is 35.4 Å². The Morgan fingerprint density at radius 1 is 1.33 bits per heavy atom. The maximum atomic E-state index is 3.47. The van der Waals surface area contributed by atoms with Crippen molar-refractivity contribution in [1.82, 2.24) is 10.2 Å². The zero-order valence-corrected chi connectivity index (χ0v) is 9.66. The molecule has 1 aliphatic heterocycles. The molecule has 1 saturated heterocycles. The van der Waals surface area contributed by atoms with Gasteiger partial charge < -0.3 is 5.32 Å². The number of benzene rings is 1. The van der Waals surface area contributed by atoms with Gasteiger partial charge in [0.25, 0.3) is 0 Å². The first-order chi connectivity index (χ1) is 7.24. The van der Waals surface area contributed by atoms with Gasteiger partial charge in [-0.1, -0.05) is 29.8 Å². The monoisotopic (exact) mass is 204 g/mol.